The molecule has 5 heteroatoms. The van der Waals surface area contributed by atoms with E-state index in [2.05, 4.69) is 0 Å². The van der Waals surface area contributed by atoms with Gasteiger partial charge in [-0.2, -0.15) is 0 Å². The maximum atomic E-state index is 10.6. The fourth-order valence-corrected chi connectivity index (χ4v) is 3.26. The smallest absolute Gasteiger partial charge is 0.164 e. The number of benzene rings is 2. The topological polar surface area (TPSA) is 68.2 Å². The van der Waals surface area contributed by atoms with Crippen LogP contribution in [0.5, 0.6) is 0 Å². The minimum Gasteiger partial charge on any atom is -0.394 e. The highest BCUT2D eigenvalue weighted by Gasteiger charge is 2.44. The Bertz CT molecular complexity index is 634. The maximum absolute atomic E-state index is 10.6. The van der Waals surface area contributed by atoms with Gasteiger partial charge in [-0.15, -0.1) is 0 Å². The molecule has 1 saturated heterocycles. The lowest BCUT2D eigenvalue weighted by Gasteiger charge is -2.25. The van der Waals surface area contributed by atoms with Gasteiger partial charge in [0.25, 0.3) is 0 Å². The van der Waals surface area contributed by atoms with Crippen LogP contribution in [-0.4, -0.2) is 47.5 Å². The van der Waals surface area contributed by atoms with Gasteiger partial charge in [-0.05, 0) is 25.0 Å². The summed E-state index contributed by atoms with van der Waals surface area (Å²) in [6, 6.07) is 19.8. The Balaban J connectivity index is 1.72. The normalized spacial score (nSPS) is 23.3. The Labute approximate surface area is 154 Å². The van der Waals surface area contributed by atoms with Gasteiger partial charge >= 0.3 is 0 Å². The summed E-state index contributed by atoms with van der Waals surface area (Å²) < 4.78 is 17.4. The average Bonchev–Trinajstić information content (AvgIpc) is 2.98. The first-order valence-corrected chi connectivity index (χ1v) is 8.86. The van der Waals surface area contributed by atoms with E-state index >= 15 is 0 Å². The van der Waals surface area contributed by atoms with Crippen molar-refractivity contribution in [1.82, 2.24) is 0 Å². The SMILES string of the molecule is CC1(C)O[C@H]([C@H](O)COC(c2ccccc2)c2ccccc2)[C@H](CO)O1. The molecule has 140 valence electrons. The molecule has 0 spiro atoms. The highest BCUT2D eigenvalue weighted by Crippen LogP contribution is 2.31. The van der Waals surface area contributed by atoms with Gasteiger partial charge in [0.05, 0.1) is 13.2 Å². The van der Waals surface area contributed by atoms with E-state index in [0.29, 0.717) is 0 Å². The average molecular weight is 358 g/mol. The number of aliphatic hydroxyl groups excluding tert-OH is 2. The van der Waals surface area contributed by atoms with E-state index in [9.17, 15) is 10.2 Å². The van der Waals surface area contributed by atoms with Crippen LogP contribution in [0.25, 0.3) is 0 Å². The van der Waals surface area contributed by atoms with E-state index in [-0.39, 0.29) is 19.3 Å². The standard InChI is InChI=1S/C21H26O5/c1-21(2)25-18(13-22)20(26-21)17(23)14-24-19(15-9-5-3-6-10-15)16-11-7-4-8-12-16/h3-12,17-20,22-23H,13-14H2,1-2H3/t17-,18+,20-/m1/s1. The van der Waals surface area contributed by atoms with Gasteiger partial charge in [0.15, 0.2) is 5.79 Å². The molecule has 1 fully saturated rings. The van der Waals surface area contributed by atoms with Crippen molar-refractivity contribution < 1.29 is 24.4 Å². The van der Waals surface area contributed by atoms with Crippen LogP contribution in [0.3, 0.4) is 0 Å². The molecule has 2 N–H and O–H groups in total. The predicted octanol–water partition coefficient (Wildman–Crippen LogP) is 2.67. The molecule has 5 nitrogen and oxygen atoms in total. The lowest BCUT2D eigenvalue weighted by molar-refractivity contribution is -0.161. The molecule has 26 heavy (non-hydrogen) atoms. The van der Waals surface area contributed by atoms with Crippen LogP contribution < -0.4 is 0 Å². The van der Waals surface area contributed by atoms with Gasteiger partial charge in [-0.25, -0.2) is 0 Å². The highest BCUT2D eigenvalue weighted by molar-refractivity contribution is 5.29. The Morgan fingerprint density at radius 1 is 0.962 bits per heavy atom. The van der Waals surface area contributed by atoms with Crippen LogP contribution in [-0.2, 0) is 14.2 Å². The molecule has 3 rings (SSSR count). The van der Waals surface area contributed by atoms with Crippen molar-refractivity contribution in [3.63, 3.8) is 0 Å². The zero-order chi connectivity index (χ0) is 18.6. The molecular weight excluding hydrogens is 332 g/mol. The van der Waals surface area contributed by atoms with Crippen LogP contribution in [0.1, 0.15) is 31.1 Å². The minimum absolute atomic E-state index is 0.0645. The zero-order valence-corrected chi connectivity index (χ0v) is 15.1. The minimum atomic E-state index is -0.913. The first-order chi connectivity index (χ1) is 12.5. The van der Waals surface area contributed by atoms with Gasteiger partial charge in [0.1, 0.15) is 24.4 Å². The molecule has 0 radical (unpaired) electrons. The van der Waals surface area contributed by atoms with E-state index in [1.54, 1.807) is 13.8 Å². The zero-order valence-electron chi connectivity index (χ0n) is 15.1. The van der Waals surface area contributed by atoms with Crippen molar-refractivity contribution >= 4 is 0 Å². The lowest BCUT2D eigenvalue weighted by atomic mass is 10.0. The van der Waals surface area contributed by atoms with Crippen molar-refractivity contribution in [1.29, 1.82) is 0 Å². The molecular formula is C21H26O5. The van der Waals surface area contributed by atoms with Crippen molar-refractivity contribution in [2.75, 3.05) is 13.2 Å². The summed E-state index contributed by atoms with van der Waals surface area (Å²) in [5.74, 6) is -0.836. The second kappa shape index (κ2) is 8.29. The van der Waals surface area contributed by atoms with E-state index < -0.39 is 24.1 Å². The quantitative estimate of drug-likeness (QED) is 0.796. The Morgan fingerprint density at radius 3 is 2.00 bits per heavy atom. The maximum Gasteiger partial charge on any atom is 0.164 e. The van der Waals surface area contributed by atoms with Crippen molar-refractivity contribution in [3.8, 4) is 0 Å². The summed E-state index contributed by atoms with van der Waals surface area (Å²) in [6.07, 6.45) is -2.42. The molecule has 2 aromatic carbocycles. The van der Waals surface area contributed by atoms with Gasteiger partial charge in [0.2, 0.25) is 0 Å². The van der Waals surface area contributed by atoms with Crippen molar-refractivity contribution in [3.05, 3.63) is 71.8 Å². The number of hydrogen-bond donors (Lipinski definition) is 2. The molecule has 2 aromatic rings. The summed E-state index contributed by atoms with van der Waals surface area (Å²) in [7, 11) is 0. The third kappa shape index (κ3) is 4.50. The van der Waals surface area contributed by atoms with Crippen LogP contribution >= 0.6 is 0 Å². The molecule has 1 aliphatic heterocycles. The summed E-state index contributed by atoms with van der Waals surface area (Å²) in [4.78, 5) is 0. The first kappa shape index (κ1) is 19.0. The molecule has 0 aromatic heterocycles. The van der Waals surface area contributed by atoms with E-state index in [1.807, 2.05) is 60.7 Å². The molecule has 3 atom stereocenters. The molecule has 0 amide bonds. The summed E-state index contributed by atoms with van der Waals surface area (Å²) in [6.45, 7) is 3.38. The number of ether oxygens (including phenoxy) is 3. The van der Waals surface area contributed by atoms with E-state index in [0.717, 1.165) is 11.1 Å². The van der Waals surface area contributed by atoms with Crippen molar-refractivity contribution in [2.24, 2.45) is 0 Å². The highest BCUT2D eigenvalue weighted by atomic mass is 16.8. The molecule has 1 heterocycles. The number of rotatable bonds is 7. The van der Waals surface area contributed by atoms with Crippen LogP contribution in [0, 0.1) is 0 Å². The Morgan fingerprint density at radius 2 is 1.50 bits per heavy atom. The van der Waals surface area contributed by atoms with Gasteiger partial charge in [-0.3, -0.25) is 0 Å². The third-order valence-electron chi connectivity index (χ3n) is 4.42. The molecule has 1 aliphatic rings. The lowest BCUT2D eigenvalue weighted by Crippen LogP contribution is -2.40. The monoisotopic (exact) mass is 358 g/mol. The first-order valence-electron chi connectivity index (χ1n) is 8.86. The molecule has 0 bridgehead atoms. The molecule has 0 saturated carbocycles. The largest absolute Gasteiger partial charge is 0.394 e. The fraction of sp³-hybridized carbons (Fsp3) is 0.429. The second-order valence-electron chi connectivity index (χ2n) is 6.92. The third-order valence-corrected chi connectivity index (χ3v) is 4.42. The number of aliphatic hydroxyl groups is 2. The molecule has 0 unspecified atom stereocenters. The van der Waals surface area contributed by atoms with E-state index in [1.165, 1.54) is 0 Å². The number of hydrogen-bond acceptors (Lipinski definition) is 5. The Hall–Kier alpha value is -1.76. The van der Waals surface area contributed by atoms with Gasteiger partial charge < -0.3 is 24.4 Å². The molecule has 0 aliphatic carbocycles. The second-order valence-corrected chi connectivity index (χ2v) is 6.92. The van der Waals surface area contributed by atoms with Gasteiger partial charge in [0, 0.05) is 0 Å². The predicted molar refractivity (Wildman–Crippen MR) is 97.6 cm³/mol. The van der Waals surface area contributed by atoms with Crippen LogP contribution in [0.2, 0.25) is 0 Å². The van der Waals surface area contributed by atoms with Crippen LogP contribution in [0.4, 0.5) is 0 Å². The summed E-state index contributed by atoms with van der Waals surface area (Å²) in [5, 5.41) is 20.1. The fourth-order valence-electron chi connectivity index (χ4n) is 3.26. The summed E-state index contributed by atoms with van der Waals surface area (Å²) in [5.41, 5.74) is 2.02. The Kier molecular flexibility index (Phi) is 6.06. The van der Waals surface area contributed by atoms with Gasteiger partial charge in [-0.1, -0.05) is 60.7 Å². The van der Waals surface area contributed by atoms with E-state index in [4.69, 9.17) is 14.2 Å². The van der Waals surface area contributed by atoms with Crippen LogP contribution in [0.15, 0.2) is 60.7 Å². The summed E-state index contributed by atoms with van der Waals surface area (Å²) >= 11 is 0. The van der Waals surface area contributed by atoms with Crippen molar-refractivity contribution in [2.45, 2.75) is 44.1 Å².